The van der Waals surface area contributed by atoms with E-state index in [9.17, 15) is 0 Å². The molecule has 126 valence electrons. The van der Waals surface area contributed by atoms with E-state index in [1.54, 1.807) is 0 Å². The Bertz CT molecular complexity index is 993. The summed E-state index contributed by atoms with van der Waals surface area (Å²) >= 11 is 6.23. The second kappa shape index (κ2) is 7.47. The molecule has 0 aliphatic rings. The number of rotatable bonds is 4. The summed E-state index contributed by atoms with van der Waals surface area (Å²) in [7, 11) is 0. The van der Waals surface area contributed by atoms with Gasteiger partial charge in [0.2, 0.25) is 0 Å². The zero-order chi connectivity index (χ0) is 17.8. The van der Waals surface area contributed by atoms with Gasteiger partial charge in [0.15, 0.2) is 0 Å². The molecule has 1 nitrogen and oxygen atoms in total. The predicted molar refractivity (Wildman–Crippen MR) is 112 cm³/mol. The molecule has 0 aliphatic heterocycles. The molecule has 26 heavy (non-hydrogen) atoms. The van der Waals surface area contributed by atoms with Gasteiger partial charge in [-0.2, -0.15) is 0 Å². The average Bonchev–Trinajstić information content (AvgIpc) is 2.71. The molecule has 0 saturated heterocycles. The summed E-state index contributed by atoms with van der Waals surface area (Å²) in [5.74, 6) is 0. The maximum absolute atomic E-state index is 6.23. The van der Waals surface area contributed by atoms with E-state index >= 15 is 0 Å². The van der Waals surface area contributed by atoms with Crippen LogP contribution in [0.15, 0.2) is 103 Å². The Labute approximate surface area is 158 Å². The van der Waals surface area contributed by atoms with Crippen molar-refractivity contribution < 1.29 is 0 Å². The number of halogens is 1. The van der Waals surface area contributed by atoms with Gasteiger partial charge in [0.05, 0.1) is 0 Å². The Kier molecular flexibility index (Phi) is 4.72. The second-order valence-corrected chi connectivity index (χ2v) is 6.56. The summed E-state index contributed by atoms with van der Waals surface area (Å²) in [6.45, 7) is 0. The molecule has 0 aliphatic carbocycles. The minimum atomic E-state index is 0.730. The van der Waals surface area contributed by atoms with Crippen molar-refractivity contribution in [3.63, 3.8) is 0 Å². The molecule has 0 amide bonds. The van der Waals surface area contributed by atoms with Gasteiger partial charge in [0, 0.05) is 22.0 Å². The third-order valence-electron chi connectivity index (χ3n) is 4.34. The summed E-state index contributed by atoms with van der Waals surface area (Å²) in [5.41, 5.74) is 6.73. The van der Waals surface area contributed by atoms with Crippen LogP contribution >= 0.6 is 11.6 Å². The highest BCUT2D eigenvalue weighted by molar-refractivity contribution is 6.31. The van der Waals surface area contributed by atoms with Crippen LogP contribution in [-0.4, -0.2) is 0 Å². The van der Waals surface area contributed by atoms with Crippen LogP contribution < -0.4 is 5.32 Å². The van der Waals surface area contributed by atoms with Crippen LogP contribution in [0.4, 0.5) is 11.4 Å². The van der Waals surface area contributed by atoms with Crippen molar-refractivity contribution in [2.24, 2.45) is 0 Å². The lowest BCUT2D eigenvalue weighted by molar-refractivity contribution is 1.53. The molecule has 0 unspecified atom stereocenters. The Balaban J connectivity index is 1.64. The molecule has 0 spiro atoms. The third-order valence-corrected chi connectivity index (χ3v) is 4.57. The van der Waals surface area contributed by atoms with Crippen LogP contribution in [0.5, 0.6) is 0 Å². The lowest BCUT2D eigenvalue weighted by Crippen LogP contribution is -1.93. The standard InChI is InChI=1S/C24H18ClN/c25-21-13-16-24(23(17-21)20-9-5-2-6-10-20)26-22-14-11-19(12-15-22)18-7-3-1-4-8-18/h1-17,26H. The maximum Gasteiger partial charge on any atom is 0.0464 e. The van der Waals surface area contributed by atoms with Crippen molar-refractivity contribution in [3.8, 4) is 22.3 Å². The summed E-state index contributed by atoms with van der Waals surface area (Å²) in [4.78, 5) is 0. The fourth-order valence-electron chi connectivity index (χ4n) is 3.01. The maximum atomic E-state index is 6.23. The minimum absolute atomic E-state index is 0.730. The normalized spacial score (nSPS) is 10.5. The van der Waals surface area contributed by atoms with Gasteiger partial charge in [-0.05, 0) is 47.0 Å². The number of nitrogens with one attached hydrogen (secondary N) is 1. The molecule has 0 fully saturated rings. The molecule has 1 N–H and O–H groups in total. The first kappa shape index (κ1) is 16.4. The van der Waals surface area contributed by atoms with E-state index in [2.05, 4.69) is 66.0 Å². The van der Waals surface area contributed by atoms with E-state index in [-0.39, 0.29) is 0 Å². The van der Waals surface area contributed by atoms with Crippen molar-refractivity contribution in [3.05, 3.63) is 108 Å². The summed E-state index contributed by atoms with van der Waals surface area (Å²) < 4.78 is 0. The molecule has 2 heteroatoms. The molecule has 0 aromatic heterocycles. The quantitative estimate of drug-likeness (QED) is 0.401. The van der Waals surface area contributed by atoms with Crippen LogP contribution in [0.1, 0.15) is 0 Å². The summed E-state index contributed by atoms with van der Waals surface area (Å²) in [6, 6.07) is 35.1. The Hall–Kier alpha value is -3.03. The summed E-state index contributed by atoms with van der Waals surface area (Å²) in [5, 5.41) is 4.25. The van der Waals surface area contributed by atoms with Crippen molar-refractivity contribution in [1.29, 1.82) is 0 Å². The highest BCUT2D eigenvalue weighted by atomic mass is 35.5. The second-order valence-electron chi connectivity index (χ2n) is 6.12. The predicted octanol–water partition coefficient (Wildman–Crippen LogP) is 7.42. The number of benzene rings is 4. The minimum Gasteiger partial charge on any atom is -0.355 e. The smallest absolute Gasteiger partial charge is 0.0464 e. The van der Waals surface area contributed by atoms with Crippen molar-refractivity contribution >= 4 is 23.0 Å². The molecular formula is C24H18ClN. The van der Waals surface area contributed by atoms with E-state index in [1.807, 2.05) is 42.5 Å². The molecule has 0 bridgehead atoms. The number of anilines is 2. The van der Waals surface area contributed by atoms with Crippen molar-refractivity contribution in [2.75, 3.05) is 5.32 Å². The van der Waals surface area contributed by atoms with Gasteiger partial charge in [-0.3, -0.25) is 0 Å². The van der Waals surface area contributed by atoms with Crippen molar-refractivity contribution in [1.82, 2.24) is 0 Å². The van der Waals surface area contributed by atoms with Gasteiger partial charge < -0.3 is 5.32 Å². The highest BCUT2D eigenvalue weighted by Crippen LogP contribution is 2.33. The molecule has 0 heterocycles. The molecule has 4 rings (SSSR count). The Morgan fingerprint density at radius 3 is 1.77 bits per heavy atom. The SMILES string of the molecule is Clc1ccc(Nc2ccc(-c3ccccc3)cc2)c(-c2ccccc2)c1. The number of hydrogen-bond donors (Lipinski definition) is 1. The number of hydrogen-bond acceptors (Lipinski definition) is 1. The Morgan fingerprint density at radius 1 is 0.538 bits per heavy atom. The molecule has 4 aromatic rings. The van der Waals surface area contributed by atoms with Gasteiger partial charge in [-0.25, -0.2) is 0 Å². The van der Waals surface area contributed by atoms with E-state index in [4.69, 9.17) is 11.6 Å². The molecule has 0 radical (unpaired) electrons. The molecule has 0 atom stereocenters. The van der Waals surface area contributed by atoms with Crippen LogP contribution in [-0.2, 0) is 0 Å². The monoisotopic (exact) mass is 355 g/mol. The topological polar surface area (TPSA) is 12.0 Å². The highest BCUT2D eigenvalue weighted by Gasteiger charge is 2.07. The van der Waals surface area contributed by atoms with Gasteiger partial charge >= 0.3 is 0 Å². The van der Waals surface area contributed by atoms with E-state index in [0.29, 0.717) is 0 Å². The fourth-order valence-corrected chi connectivity index (χ4v) is 3.19. The molecule has 0 saturated carbocycles. The zero-order valence-corrected chi connectivity index (χ0v) is 14.9. The lowest BCUT2D eigenvalue weighted by Gasteiger charge is -2.13. The van der Waals surface area contributed by atoms with Crippen LogP contribution in [0.3, 0.4) is 0 Å². The largest absolute Gasteiger partial charge is 0.355 e. The van der Waals surface area contributed by atoms with Crippen LogP contribution in [0, 0.1) is 0 Å². The molecule has 4 aromatic carbocycles. The van der Waals surface area contributed by atoms with Gasteiger partial charge in [0.1, 0.15) is 0 Å². The fraction of sp³-hybridized carbons (Fsp3) is 0. The first-order chi connectivity index (χ1) is 12.8. The lowest BCUT2D eigenvalue weighted by atomic mass is 10.0. The Morgan fingerprint density at radius 2 is 1.12 bits per heavy atom. The van der Waals surface area contributed by atoms with Gasteiger partial charge in [-0.15, -0.1) is 0 Å². The molecular weight excluding hydrogens is 338 g/mol. The van der Waals surface area contributed by atoms with Gasteiger partial charge in [0.25, 0.3) is 0 Å². The zero-order valence-electron chi connectivity index (χ0n) is 14.2. The first-order valence-electron chi connectivity index (χ1n) is 8.57. The third kappa shape index (κ3) is 3.63. The summed E-state index contributed by atoms with van der Waals surface area (Å²) in [6.07, 6.45) is 0. The van der Waals surface area contributed by atoms with Crippen molar-refractivity contribution in [2.45, 2.75) is 0 Å². The van der Waals surface area contributed by atoms with Gasteiger partial charge in [-0.1, -0.05) is 84.4 Å². The van der Waals surface area contributed by atoms with Crippen LogP contribution in [0.2, 0.25) is 5.02 Å². The van der Waals surface area contributed by atoms with Crippen LogP contribution in [0.25, 0.3) is 22.3 Å². The first-order valence-corrected chi connectivity index (χ1v) is 8.95. The van der Waals surface area contributed by atoms with E-state index in [1.165, 1.54) is 11.1 Å². The van der Waals surface area contributed by atoms with E-state index < -0.39 is 0 Å². The van der Waals surface area contributed by atoms with E-state index in [0.717, 1.165) is 27.5 Å². The average molecular weight is 356 g/mol.